The first-order valence-electron chi connectivity index (χ1n) is 9.33. The van der Waals surface area contributed by atoms with E-state index in [1.165, 1.54) is 0 Å². The van der Waals surface area contributed by atoms with E-state index in [1.807, 2.05) is 49.4 Å². The van der Waals surface area contributed by atoms with E-state index in [9.17, 15) is 9.90 Å². The Kier molecular flexibility index (Phi) is 6.59. The second-order valence-corrected chi connectivity index (χ2v) is 6.87. The molecule has 0 spiro atoms. The van der Waals surface area contributed by atoms with E-state index in [2.05, 4.69) is 4.98 Å². The number of hydrogen-bond acceptors (Lipinski definition) is 5. The van der Waals surface area contributed by atoms with E-state index in [-0.39, 0.29) is 19.6 Å². The van der Waals surface area contributed by atoms with Crippen molar-refractivity contribution in [3.63, 3.8) is 0 Å². The van der Waals surface area contributed by atoms with Gasteiger partial charge >= 0.3 is 5.97 Å². The van der Waals surface area contributed by atoms with Crippen molar-refractivity contribution in [3.8, 4) is 16.9 Å². The predicted octanol–water partition coefficient (Wildman–Crippen LogP) is 3.26. The van der Waals surface area contributed by atoms with Gasteiger partial charge in [0.25, 0.3) is 0 Å². The van der Waals surface area contributed by atoms with Gasteiger partial charge in [-0.3, -0.25) is 9.78 Å². The lowest BCUT2D eigenvalue weighted by Crippen LogP contribution is -2.14. The number of aryl methyl sites for hydroxylation is 1. The fourth-order valence-electron chi connectivity index (χ4n) is 3.14. The molecule has 1 aromatic heterocycles. The van der Waals surface area contributed by atoms with Gasteiger partial charge in [-0.05, 0) is 47.9 Å². The van der Waals surface area contributed by atoms with Crippen molar-refractivity contribution in [1.29, 1.82) is 0 Å². The Balaban J connectivity index is 1.83. The number of aliphatic hydroxyl groups excluding tert-OH is 1. The van der Waals surface area contributed by atoms with Crippen molar-refractivity contribution in [1.82, 2.24) is 4.98 Å². The van der Waals surface area contributed by atoms with E-state index in [4.69, 9.17) is 15.6 Å². The number of para-hydroxylation sites is 1. The lowest BCUT2D eigenvalue weighted by Gasteiger charge is -2.13. The summed E-state index contributed by atoms with van der Waals surface area (Å²) in [6, 6.07) is 18.3. The zero-order valence-electron chi connectivity index (χ0n) is 16.2. The summed E-state index contributed by atoms with van der Waals surface area (Å²) in [5.41, 5.74) is 11.0. The third-order valence-electron chi connectivity index (χ3n) is 4.54. The fraction of sp³-hybridized carbons (Fsp3) is 0.217. The summed E-state index contributed by atoms with van der Waals surface area (Å²) in [5.74, 6) is -0.367. The average Bonchev–Trinajstić information content (AvgIpc) is 2.72. The number of aliphatic carboxylic acids is 1. The molecule has 0 bridgehead atoms. The quantitative estimate of drug-likeness (QED) is 0.543. The largest absolute Gasteiger partial charge is 0.487 e. The van der Waals surface area contributed by atoms with E-state index < -0.39 is 12.0 Å². The van der Waals surface area contributed by atoms with Gasteiger partial charge in [0.2, 0.25) is 0 Å². The molecule has 3 aromatic rings. The van der Waals surface area contributed by atoms with Crippen molar-refractivity contribution < 1.29 is 19.7 Å². The Hall–Kier alpha value is -3.22. The Morgan fingerprint density at radius 3 is 2.66 bits per heavy atom. The Morgan fingerprint density at radius 1 is 1.10 bits per heavy atom. The number of carboxylic acids is 1. The summed E-state index contributed by atoms with van der Waals surface area (Å²) in [4.78, 5) is 15.6. The molecule has 0 amide bonds. The molecule has 0 fully saturated rings. The molecule has 0 saturated carbocycles. The number of carbonyl (C=O) groups is 1. The molecule has 1 heterocycles. The number of nitrogens with two attached hydrogens (primary N) is 1. The first-order valence-corrected chi connectivity index (χ1v) is 9.33. The third kappa shape index (κ3) is 5.40. The second kappa shape index (κ2) is 9.32. The first-order chi connectivity index (χ1) is 14.0. The molecule has 29 heavy (non-hydrogen) atoms. The maximum atomic E-state index is 11.0. The van der Waals surface area contributed by atoms with Crippen LogP contribution in [0.3, 0.4) is 0 Å². The van der Waals surface area contributed by atoms with Gasteiger partial charge in [-0.15, -0.1) is 0 Å². The van der Waals surface area contributed by atoms with E-state index >= 15 is 0 Å². The second-order valence-electron chi connectivity index (χ2n) is 6.87. The van der Waals surface area contributed by atoms with Gasteiger partial charge in [-0.25, -0.2) is 0 Å². The van der Waals surface area contributed by atoms with Crippen molar-refractivity contribution in [3.05, 3.63) is 83.2 Å². The molecule has 4 N–H and O–H groups in total. The van der Waals surface area contributed by atoms with Crippen LogP contribution in [0, 0.1) is 6.92 Å². The topological polar surface area (TPSA) is 106 Å². The summed E-state index contributed by atoms with van der Waals surface area (Å²) >= 11 is 0. The summed E-state index contributed by atoms with van der Waals surface area (Å²) in [5, 5.41) is 18.4. The highest BCUT2D eigenvalue weighted by Gasteiger charge is 2.10. The minimum Gasteiger partial charge on any atom is -0.487 e. The van der Waals surface area contributed by atoms with Crippen molar-refractivity contribution >= 4 is 5.97 Å². The highest BCUT2D eigenvalue weighted by atomic mass is 16.5. The Bertz CT molecular complexity index is 1000. The summed E-state index contributed by atoms with van der Waals surface area (Å²) in [7, 11) is 0. The van der Waals surface area contributed by atoms with Crippen LogP contribution in [0.25, 0.3) is 11.1 Å². The van der Waals surface area contributed by atoms with Crippen LogP contribution in [0.1, 0.15) is 28.6 Å². The number of benzene rings is 2. The van der Waals surface area contributed by atoms with Crippen molar-refractivity contribution in [2.24, 2.45) is 5.73 Å². The fourth-order valence-corrected chi connectivity index (χ4v) is 3.14. The van der Waals surface area contributed by atoms with E-state index in [1.54, 1.807) is 18.2 Å². The molecule has 0 aliphatic carbocycles. The average molecular weight is 392 g/mol. The number of aliphatic hydroxyl groups is 1. The Labute approximate surface area is 169 Å². The smallest absolute Gasteiger partial charge is 0.307 e. The van der Waals surface area contributed by atoms with Gasteiger partial charge in [0.05, 0.1) is 24.8 Å². The van der Waals surface area contributed by atoms with Gasteiger partial charge in [-0.1, -0.05) is 36.4 Å². The Morgan fingerprint density at radius 2 is 1.90 bits per heavy atom. The summed E-state index contributed by atoms with van der Waals surface area (Å²) in [6.45, 7) is 2.02. The maximum Gasteiger partial charge on any atom is 0.307 e. The SMILES string of the molecule is Cc1cc(-c2cccc(C(N)CO)c2)cc(COc2ccccc2CC(=O)O)n1. The molecule has 1 unspecified atom stereocenters. The number of rotatable bonds is 8. The van der Waals surface area contributed by atoms with Gasteiger partial charge in [0, 0.05) is 11.3 Å². The molecule has 3 rings (SSSR count). The zero-order chi connectivity index (χ0) is 20.8. The normalized spacial score (nSPS) is 11.8. The monoisotopic (exact) mass is 392 g/mol. The predicted molar refractivity (Wildman–Crippen MR) is 111 cm³/mol. The van der Waals surface area contributed by atoms with Crippen LogP contribution in [0.15, 0.2) is 60.7 Å². The zero-order valence-corrected chi connectivity index (χ0v) is 16.2. The molecule has 1 atom stereocenters. The van der Waals surface area contributed by atoms with Gasteiger partial charge in [0.1, 0.15) is 12.4 Å². The molecule has 0 saturated heterocycles. The highest BCUT2D eigenvalue weighted by molar-refractivity contribution is 5.71. The van der Waals surface area contributed by atoms with Gasteiger partial charge in [0.15, 0.2) is 0 Å². The van der Waals surface area contributed by atoms with Crippen LogP contribution in [0.5, 0.6) is 5.75 Å². The minimum atomic E-state index is -0.905. The van der Waals surface area contributed by atoms with Crippen LogP contribution < -0.4 is 10.5 Å². The van der Waals surface area contributed by atoms with Gasteiger partial charge in [-0.2, -0.15) is 0 Å². The number of ether oxygens (including phenoxy) is 1. The van der Waals surface area contributed by atoms with Crippen LogP contribution in [0.4, 0.5) is 0 Å². The van der Waals surface area contributed by atoms with Crippen LogP contribution in [0.2, 0.25) is 0 Å². The molecule has 0 aliphatic rings. The summed E-state index contributed by atoms with van der Waals surface area (Å²) in [6.07, 6.45) is -0.0967. The van der Waals surface area contributed by atoms with E-state index in [0.717, 1.165) is 28.1 Å². The van der Waals surface area contributed by atoms with Crippen molar-refractivity contribution in [2.45, 2.75) is 26.0 Å². The van der Waals surface area contributed by atoms with Crippen LogP contribution in [-0.4, -0.2) is 27.8 Å². The molecular weight excluding hydrogens is 368 g/mol. The van der Waals surface area contributed by atoms with Crippen molar-refractivity contribution in [2.75, 3.05) is 6.61 Å². The molecule has 150 valence electrons. The maximum absolute atomic E-state index is 11.0. The molecule has 0 radical (unpaired) electrons. The number of aromatic nitrogens is 1. The van der Waals surface area contributed by atoms with Gasteiger partial charge < -0.3 is 20.7 Å². The molecule has 2 aromatic carbocycles. The van der Waals surface area contributed by atoms with Crippen LogP contribution in [-0.2, 0) is 17.8 Å². The molecule has 6 heteroatoms. The number of carboxylic acid groups (broad SMARTS) is 1. The first kappa shape index (κ1) is 20.5. The molecule has 6 nitrogen and oxygen atoms in total. The molecule has 0 aliphatic heterocycles. The standard InChI is InChI=1S/C23H24N2O4/c1-15-9-19(16-6-4-7-17(10-16)21(24)13-26)11-20(25-15)14-29-22-8-3-2-5-18(22)12-23(27)28/h2-11,21,26H,12-14,24H2,1H3,(H,27,28). The minimum absolute atomic E-state index is 0.0967. The number of hydrogen-bond donors (Lipinski definition) is 3. The van der Waals surface area contributed by atoms with E-state index in [0.29, 0.717) is 11.3 Å². The summed E-state index contributed by atoms with van der Waals surface area (Å²) < 4.78 is 5.87. The lowest BCUT2D eigenvalue weighted by molar-refractivity contribution is -0.136. The lowest BCUT2D eigenvalue weighted by atomic mass is 9.99. The highest BCUT2D eigenvalue weighted by Crippen LogP contribution is 2.25. The number of nitrogens with zero attached hydrogens (tertiary/aromatic N) is 1. The van der Waals surface area contributed by atoms with Crippen LogP contribution >= 0.6 is 0 Å². The molecular formula is C23H24N2O4. The number of pyridine rings is 1. The third-order valence-corrected chi connectivity index (χ3v) is 4.54.